The van der Waals surface area contributed by atoms with E-state index in [1.54, 1.807) is 12.1 Å². The zero-order chi connectivity index (χ0) is 15.4. The minimum atomic E-state index is -0.212. The molecular weight excluding hydrogens is 395 g/mol. The van der Waals surface area contributed by atoms with Crippen molar-refractivity contribution in [2.24, 2.45) is 0 Å². The lowest BCUT2D eigenvalue weighted by atomic mass is 10.1. The maximum absolute atomic E-state index is 12.1. The highest BCUT2D eigenvalue weighted by Crippen LogP contribution is 2.17. The molecule has 0 saturated carbocycles. The fourth-order valence-electron chi connectivity index (χ4n) is 1.80. The lowest BCUT2D eigenvalue weighted by molar-refractivity contribution is 0.0977. The van der Waals surface area contributed by atoms with E-state index in [2.05, 4.69) is 33.2 Å². The lowest BCUT2D eigenvalue weighted by Crippen LogP contribution is -2.34. The maximum Gasteiger partial charge on any atom is 0.257 e. The van der Waals surface area contributed by atoms with Crippen LogP contribution in [0.3, 0.4) is 0 Å². The standard InChI is InChI=1S/C16H15IN2OS/c1-10-3-5-12(6-4-10)15(20)19-16(21)18-14-8-7-13(17)9-11(14)2/h3-9H,1-2H3,(H2,18,19,20,21). The molecule has 0 bridgehead atoms. The summed E-state index contributed by atoms with van der Waals surface area (Å²) < 4.78 is 1.16. The SMILES string of the molecule is Cc1ccc(C(=O)NC(=S)Nc2ccc(I)cc2C)cc1. The van der Waals surface area contributed by atoms with Gasteiger partial charge in [0.15, 0.2) is 5.11 Å². The molecule has 21 heavy (non-hydrogen) atoms. The van der Waals surface area contributed by atoms with Gasteiger partial charge in [0.1, 0.15) is 0 Å². The van der Waals surface area contributed by atoms with Crippen LogP contribution in [0.15, 0.2) is 42.5 Å². The zero-order valence-electron chi connectivity index (χ0n) is 11.7. The van der Waals surface area contributed by atoms with Gasteiger partial charge in [0.2, 0.25) is 0 Å². The third-order valence-electron chi connectivity index (χ3n) is 2.98. The zero-order valence-corrected chi connectivity index (χ0v) is 14.7. The Labute approximate surface area is 143 Å². The second-order valence-electron chi connectivity index (χ2n) is 4.73. The first-order valence-electron chi connectivity index (χ1n) is 6.41. The maximum atomic E-state index is 12.1. The summed E-state index contributed by atoms with van der Waals surface area (Å²) in [6.07, 6.45) is 0. The Balaban J connectivity index is 2.01. The van der Waals surface area contributed by atoms with Gasteiger partial charge < -0.3 is 5.32 Å². The van der Waals surface area contributed by atoms with Gasteiger partial charge in [0, 0.05) is 14.8 Å². The van der Waals surface area contributed by atoms with Crippen LogP contribution in [-0.4, -0.2) is 11.0 Å². The molecule has 0 atom stereocenters. The van der Waals surface area contributed by atoms with Crippen LogP contribution in [0.2, 0.25) is 0 Å². The Morgan fingerprint density at radius 3 is 2.38 bits per heavy atom. The summed E-state index contributed by atoms with van der Waals surface area (Å²) in [7, 11) is 0. The molecule has 1 amide bonds. The molecule has 108 valence electrons. The van der Waals surface area contributed by atoms with Gasteiger partial charge in [-0.25, -0.2) is 0 Å². The van der Waals surface area contributed by atoms with Crippen LogP contribution in [0.25, 0.3) is 0 Å². The molecule has 0 fully saturated rings. The van der Waals surface area contributed by atoms with Crippen molar-refractivity contribution in [3.05, 3.63) is 62.7 Å². The normalized spacial score (nSPS) is 10.0. The number of rotatable bonds is 2. The molecule has 2 aromatic rings. The first kappa shape index (κ1) is 15.9. The number of hydrogen-bond donors (Lipinski definition) is 2. The number of anilines is 1. The number of halogens is 1. The molecule has 0 heterocycles. The highest BCUT2D eigenvalue weighted by atomic mass is 127. The van der Waals surface area contributed by atoms with Crippen molar-refractivity contribution in [3.8, 4) is 0 Å². The summed E-state index contributed by atoms with van der Waals surface area (Å²) in [6, 6.07) is 13.3. The summed E-state index contributed by atoms with van der Waals surface area (Å²) in [5, 5.41) is 6.03. The van der Waals surface area contributed by atoms with E-state index >= 15 is 0 Å². The second-order valence-corrected chi connectivity index (χ2v) is 6.39. The molecule has 0 aromatic heterocycles. The van der Waals surface area contributed by atoms with Gasteiger partial charge in [-0.1, -0.05) is 17.7 Å². The van der Waals surface area contributed by atoms with E-state index in [0.717, 1.165) is 20.4 Å². The lowest BCUT2D eigenvalue weighted by Gasteiger charge is -2.12. The molecule has 0 unspecified atom stereocenters. The first-order valence-corrected chi connectivity index (χ1v) is 7.89. The van der Waals surface area contributed by atoms with Crippen molar-refractivity contribution >= 4 is 51.5 Å². The van der Waals surface area contributed by atoms with Crippen molar-refractivity contribution in [2.75, 3.05) is 5.32 Å². The fraction of sp³-hybridized carbons (Fsp3) is 0.125. The Hall–Kier alpha value is -1.47. The van der Waals surface area contributed by atoms with Crippen LogP contribution >= 0.6 is 34.8 Å². The van der Waals surface area contributed by atoms with E-state index in [-0.39, 0.29) is 5.91 Å². The minimum Gasteiger partial charge on any atom is -0.332 e. The summed E-state index contributed by atoms with van der Waals surface area (Å²) >= 11 is 7.44. The third kappa shape index (κ3) is 4.50. The highest BCUT2D eigenvalue weighted by molar-refractivity contribution is 14.1. The molecule has 0 spiro atoms. The Kier molecular flexibility index (Phi) is 5.30. The van der Waals surface area contributed by atoms with Crippen LogP contribution in [0.1, 0.15) is 21.5 Å². The largest absolute Gasteiger partial charge is 0.332 e. The van der Waals surface area contributed by atoms with Gasteiger partial charge in [0.25, 0.3) is 5.91 Å². The second kappa shape index (κ2) is 7.00. The Morgan fingerprint density at radius 2 is 1.76 bits per heavy atom. The number of benzene rings is 2. The predicted octanol–water partition coefficient (Wildman–Crippen LogP) is 4.03. The minimum absolute atomic E-state index is 0.212. The van der Waals surface area contributed by atoms with Crippen LogP contribution < -0.4 is 10.6 Å². The van der Waals surface area contributed by atoms with Gasteiger partial charge in [-0.2, -0.15) is 0 Å². The van der Waals surface area contributed by atoms with Gasteiger partial charge in [-0.3, -0.25) is 10.1 Å². The van der Waals surface area contributed by atoms with Crippen LogP contribution in [-0.2, 0) is 0 Å². The van der Waals surface area contributed by atoms with E-state index in [0.29, 0.717) is 10.7 Å². The molecule has 0 aliphatic rings. The van der Waals surface area contributed by atoms with Gasteiger partial charge in [-0.15, -0.1) is 0 Å². The van der Waals surface area contributed by atoms with E-state index in [9.17, 15) is 4.79 Å². The number of carbonyl (C=O) groups excluding carboxylic acids is 1. The van der Waals surface area contributed by atoms with Crippen LogP contribution in [0.4, 0.5) is 5.69 Å². The molecule has 2 aromatic carbocycles. The van der Waals surface area contributed by atoms with E-state index in [1.807, 2.05) is 44.2 Å². The molecule has 3 nitrogen and oxygen atoms in total. The highest BCUT2D eigenvalue weighted by Gasteiger charge is 2.08. The molecule has 0 aliphatic heterocycles. The predicted molar refractivity (Wildman–Crippen MR) is 98.8 cm³/mol. The summed E-state index contributed by atoms with van der Waals surface area (Å²) in [5.41, 5.74) is 3.67. The van der Waals surface area contributed by atoms with Crippen molar-refractivity contribution in [1.29, 1.82) is 0 Å². The van der Waals surface area contributed by atoms with Crippen molar-refractivity contribution in [2.45, 2.75) is 13.8 Å². The number of hydrogen-bond acceptors (Lipinski definition) is 2. The number of aryl methyl sites for hydroxylation is 2. The molecule has 2 rings (SSSR count). The van der Waals surface area contributed by atoms with Gasteiger partial charge >= 0.3 is 0 Å². The van der Waals surface area contributed by atoms with Crippen molar-refractivity contribution < 1.29 is 4.79 Å². The van der Waals surface area contributed by atoms with E-state index < -0.39 is 0 Å². The molecule has 0 saturated heterocycles. The van der Waals surface area contributed by atoms with Crippen LogP contribution in [0, 0.1) is 17.4 Å². The van der Waals surface area contributed by atoms with E-state index in [4.69, 9.17) is 12.2 Å². The summed E-state index contributed by atoms with van der Waals surface area (Å²) in [5.74, 6) is -0.212. The third-order valence-corrected chi connectivity index (χ3v) is 3.85. The topological polar surface area (TPSA) is 41.1 Å². The molecular formula is C16H15IN2OS. The Bertz CT molecular complexity index is 683. The molecule has 2 N–H and O–H groups in total. The number of thiocarbonyl (C=S) groups is 1. The number of amides is 1. The van der Waals surface area contributed by atoms with Crippen LogP contribution in [0.5, 0.6) is 0 Å². The molecule has 0 aliphatic carbocycles. The summed E-state index contributed by atoms with van der Waals surface area (Å²) in [4.78, 5) is 12.1. The fourth-order valence-corrected chi connectivity index (χ4v) is 2.65. The average molecular weight is 410 g/mol. The number of carbonyl (C=O) groups is 1. The Morgan fingerprint density at radius 1 is 1.10 bits per heavy atom. The summed E-state index contributed by atoms with van der Waals surface area (Å²) in [6.45, 7) is 3.97. The number of nitrogens with one attached hydrogen (secondary N) is 2. The molecule has 5 heteroatoms. The van der Waals surface area contributed by atoms with Crippen molar-refractivity contribution in [3.63, 3.8) is 0 Å². The quantitative estimate of drug-likeness (QED) is 0.580. The molecule has 0 radical (unpaired) electrons. The van der Waals surface area contributed by atoms with Crippen molar-refractivity contribution in [1.82, 2.24) is 5.32 Å². The van der Waals surface area contributed by atoms with Gasteiger partial charge in [0.05, 0.1) is 0 Å². The monoisotopic (exact) mass is 410 g/mol. The van der Waals surface area contributed by atoms with Gasteiger partial charge in [-0.05, 0) is 84.6 Å². The average Bonchev–Trinajstić information content (AvgIpc) is 2.42. The van der Waals surface area contributed by atoms with E-state index in [1.165, 1.54) is 0 Å². The smallest absolute Gasteiger partial charge is 0.257 e. The first-order chi connectivity index (χ1) is 9.95.